The molecule has 2 saturated heterocycles. The molecule has 0 saturated carbocycles. The van der Waals surface area contributed by atoms with Gasteiger partial charge in [0.2, 0.25) is 5.91 Å². The second-order valence-corrected chi connectivity index (χ2v) is 5.56. The third kappa shape index (κ3) is 2.51. The first-order valence-corrected chi connectivity index (χ1v) is 7.07. The number of nitrogens with zero attached hydrogens (tertiary/aromatic N) is 1. The fraction of sp³-hybridized carbons (Fsp3) is 0.533. The van der Waals surface area contributed by atoms with Crippen molar-refractivity contribution in [3.05, 3.63) is 35.4 Å². The van der Waals surface area contributed by atoms with Gasteiger partial charge in [0, 0.05) is 25.7 Å². The van der Waals surface area contributed by atoms with Crippen LogP contribution in [0.4, 0.5) is 0 Å². The number of hydrogen-bond acceptors (Lipinski definition) is 3. The average molecular weight is 259 g/mol. The maximum Gasteiger partial charge on any atom is 0.224 e. The summed E-state index contributed by atoms with van der Waals surface area (Å²) in [5.41, 5.74) is 8.15. The van der Waals surface area contributed by atoms with Crippen LogP contribution in [0.25, 0.3) is 0 Å². The van der Waals surface area contributed by atoms with Crippen molar-refractivity contribution in [2.24, 2.45) is 11.7 Å². The lowest BCUT2D eigenvalue weighted by Gasteiger charge is -2.35. The fourth-order valence-corrected chi connectivity index (χ4v) is 3.33. The lowest BCUT2D eigenvalue weighted by atomic mass is 9.91. The van der Waals surface area contributed by atoms with E-state index in [0.717, 1.165) is 32.5 Å². The second-order valence-electron chi connectivity index (χ2n) is 5.56. The number of carbonyl (C=O) groups is 1. The molecule has 2 heterocycles. The predicted octanol–water partition coefficient (Wildman–Crippen LogP) is 0.856. The predicted molar refractivity (Wildman–Crippen MR) is 74.3 cm³/mol. The van der Waals surface area contributed by atoms with Crippen LogP contribution in [-0.4, -0.2) is 29.9 Å². The van der Waals surface area contributed by atoms with E-state index in [1.54, 1.807) is 0 Å². The van der Waals surface area contributed by atoms with Crippen molar-refractivity contribution in [2.75, 3.05) is 13.1 Å². The van der Waals surface area contributed by atoms with E-state index in [1.165, 1.54) is 11.1 Å². The van der Waals surface area contributed by atoms with Crippen LogP contribution in [0.5, 0.6) is 0 Å². The molecule has 2 atom stereocenters. The van der Waals surface area contributed by atoms with E-state index in [9.17, 15) is 4.79 Å². The molecule has 0 spiro atoms. The number of nitrogens with one attached hydrogen (secondary N) is 1. The highest BCUT2D eigenvalue weighted by molar-refractivity contribution is 5.82. The van der Waals surface area contributed by atoms with Crippen molar-refractivity contribution >= 4 is 5.91 Å². The highest BCUT2D eigenvalue weighted by atomic mass is 16.2. The Morgan fingerprint density at radius 2 is 2.21 bits per heavy atom. The van der Waals surface area contributed by atoms with Crippen LogP contribution in [0.2, 0.25) is 0 Å². The number of carbonyl (C=O) groups excluding carboxylic acids is 1. The lowest BCUT2D eigenvalue weighted by Crippen LogP contribution is -2.44. The summed E-state index contributed by atoms with van der Waals surface area (Å²) in [6, 6.07) is 8.82. The molecule has 2 fully saturated rings. The van der Waals surface area contributed by atoms with Crippen molar-refractivity contribution in [3.63, 3.8) is 0 Å². The summed E-state index contributed by atoms with van der Waals surface area (Å²) in [7, 11) is 0. The molecule has 3 N–H and O–H groups in total. The molecule has 2 aliphatic rings. The van der Waals surface area contributed by atoms with E-state index >= 15 is 0 Å². The van der Waals surface area contributed by atoms with Crippen molar-refractivity contribution in [1.29, 1.82) is 0 Å². The van der Waals surface area contributed by atoms with E-state index < -0.39 is 0 Å². The van der Waals surface area contributed by atoms with Crippen LogP contribution in [0.3, 0.4) is 0 Å². The molecule has 4 heteroatoms. The summed E-state index contributed by atoms with van der Waals surface area (Å²) in [6.45, 7) is 3.40. The van der Waals surface area contributed by atoms with Gasteiger partial charge in [-0.05, 0) is 30.5 Å². The molecule has 1 aromatic carbocycles. The van der Waals surface area contributed by atoms with Gasteiger partial charge in [0.05, 0.1) is 5.92 Å². The number of hydrogen-bond donors (Lipinski definition) is 2. The van der Waals surface area contributed by atoms with E-state index in [4.69, 9.17) is 5.73 Å². The first kappa shape index (κ1) is 12.6. The largest absolute Gasteiger partial charge is 0.354 e. The van der Waals surface area contributed by atoms with Gasteiger partial charge in [-0.3, -0.25) is 9.69 Å². The Hall–Kier alpha value is -1.39. The van der Waals surface area contributed by atoms with Gasteiger partial charge in [0.15, 0.2) is 0 Å². The SMILES string of the molecule is NCc1cccc(CN2CCCC3C(=O)NCC32)c1. The minimum absolute atomic E-state index is 0.200. The monoisotopic (exact) mass is 259 g/mol. The number of fused-ring (bicyclic) bond motifs is 1. The molecule has 1 aromatic rings. The topological polar surface area (TPSA) is 58.4 Å². The zero-order chi connectivity index (χ0) is 13.2. The minimum atomic E-state index is 0.200. The molecule has 1 amide bonds. The third-order valence-electron chi connectivity index (χ3n) is 4.33. The second kappa shape index (κ2) is 5.31. The maximum atomic E-state index is 11.8. The number of piperidine rings is 1. The Bertz CT molecular complexity index is 474. The molecule has 0 aromatic heterocycles. The van der Waals surface area contributed by atoms with Gasteiger partial charge in [-0.15, -0.1) is 0 Å². The Labute approximate surface area is 114 Å². The van der Waals surface area contributed by atoms with Gasteiger partial charge in [-0.2, -0.15) is 0 Å². The number of benzene rings is 1. The number of rotatable bonds is 3. The van der Waals surface area contributed by atoms with Crippen molar-refractivity contribution in [1.82, 2.24) is 10.2 Å². The van der Waals surface area contributed by atoms with Gasteiger partial charge in [0.25, 0.3) is 0 Å². The van der Waals surface area contributed by atoms with E-state index in [0.29, 0.717) is 12.6 Å². The summed E-state index contributed by atoms with van der Waals surface area (Å²) >= 11 is 0. The number of amides is 1. The van der Waals surface area contributed by atoms with E-state index in [-0.39, 0.29) is 11.8 Å². The molecule has 2 aliphatic heterocycles. The van der Waals surface area contributed by atoms with Crippen molar-refractivity contribution in [3.8, 4) is 0 Å². The normalized spacial score (nSPS) is 27.1. The van der Waals surface area contributed by atoms with Crippen LogP contribution in [0.15, 0.2) is 24.3 Å². The van der Waals surface area contributed by atoms with E-state index in [1.807, 2.05) is 0 Å². The standard InChI is InChI=1S/C15H21N3O/c16-8-11-3-1-4-12(7-11)10-18-6-2-5-13-14(18)9-17-15(13)19/h1,3-4,7,13-14H,2,5-6,8-10,16H2,(H,17,19). The zero-order valence-electron chi connectivity index (χ0n) is 11.1. The molecular weight excluding hydrogens is 238 g/mol. The molecule has 0 aliphatic carbocycles. The van der Waals surface area contributed by atoms with Gasteiger partial charge >= 0.3 is 0 Å². The lowest BCUT2D eigenvalue weighted by molar-refractivity contribution is -0.124. The van der Waals surface area contributed by atoms with Crippen LogP contribution in [-0.2, 0) is 17.9 Å². The molecule has 19 heavy (non-hydrogen) atoms. The van der Waals surface area contributed by atoms with Gasteiger partial charge < -0.3 is 11.1 Å². The molecule has 102 valence electrons. The summed E-state index contributed by atoms with van der Waals surface area (Å²) in [4.78, 5) is 14.2. The van der Waals surface area contributed by atoms with Gasteiger partial charge in [-0.25, -0.2) is 0 Å². The van der Waals surface area contributed by atoms with E-state index in [2.05, 4.69) is 34.5 Å². The Kier molecular flexibility index (Phi) is 3.53. The van der Waals surface area contributed by atoms with Crippen molar-refractivity contribution < 1.29 is 4.79 Å². The third-order valence-corrected chi connectivity index (χ3v) is 4.33. The van der Waals surface area contributed by atoms with Crippen molar-refractivity contribution in [2.45, 2.75) is 32.0 Å². The molecule has 3 rings (SSSR count). The fourth-order valence-electron chi connectivity index (χ4n) is 3.33. The average Bonchev–Trinajstić information content (AvgIpc) is 2.82. The first-order valence-electron chi connectivity index (χ1n) is 7.07. The van der Waals surface area contributed by atoms with Crippen LogP contribution >= 0.6 is 0 Å². The summed E-state index contributed by atoms with van der Waals surface area (Å²) < 4.78 is 0. The summed E-state index contributed by atoms with van der Waals surface area (Å²) in [6.07, 6.45) is 2.15. The first-order chi connectivity index (χ1) is 9.28. The summed E-state index contributed by atoms with van der Waals surface area (Å²) in [5, 5.41) is 3.00. The molecule has 0 radical (unpaired) electrons. The minimum Gasteiger partial charge on any atom is -0.354 e. The smallest absolute Gasteiger partial charge is 0.224 e. The Morgan fingerprint density at radius 3 is 3.05 bits per heavy atom. The zero-order valence-corrected chi connectivity index (χ0v) is 11.1. The number of nitrogens with two attached hydrogens (primary N) is 1. The van der Waals surface area contributed by atoms with Crippen LogP contribution in [0, 0.1) is 5.92 Å². The summed E-state index contributed by atoms with van der Waals surface area (Å²) in [5.74, 6) is 0.442. The molecule has 2 unspecified atom stereocenters. The highest BCUT2D eigenvalue weighted by Gasteiger charge is 2.40. The molecule has 0 bridgehead atoms. The van der Waals surface area contributed by atoms with Gasteiger partial charge in [0.1, 0.15) is 0 Å². The van der Waals surface area contributed by atoms with Gasteiger partial charge in [-0.1, -0.05) is 24.3 Å². The van der Waals surface area contributed by atoms with Crippen LogP contribution < -0.4 is 11.1 Å². The Balaban J connectivity index is 1.73. The van der Waals surface area contributed by atoms with Crippen LogP contribution in [0.1, 0.15) is 24.0 Å². The Morgan fingerprint density at radius 1 is 1.37 bits per heavy atom. The number of likely N-dealkylation sites (tertiary alicyclic amines) is 1. The molecule has 4 nitrogen and oxygen atoms in total. The molecular formula is C15H21N3O. The highest BCUT2D eigenvalue weighted by Crippen LogP contribution is 2.28. The maximum absolute atomic E-state index is 11.8. The quantitative estimate of drug-likeness (QED) is 0.846.